The maximum absolute atomic E-state index is 12.8. The lowest BCUT2D eigenvalue weighted by molar-refractivity contribution is -0.137. The Bertz CT molecular complexity index is 1080. The number of hydrogen-bond acceptors (Lipinski definition) is 4. The van der Waals surface area contributed by atoms with Gasteiger partial charge in [-0.05, 0) is 49.1 Å². The molecule has 1 amide bonds. The lowest BCUT2D eigenvalue weighted by Crippen LogP contribution is -2.46. The fourth-order valence-electron chi connectivity index (χ4n) is 4.15. The molecule has 31 heavy (non-hydrogen) atoms. The van der Waals surface area contributed by atoms with Gasteiger partial charge in [0.05, 0.1) is 16.7 Å². The Hall–Kier alpha value is -2.74. The van der Waals surface area contributed by atoms with E-state index in [4.69, 9.17) is 16.3 Å². The van der Waals surface area contributed by atoms with Gasteiger partial charge >= 0.3 is 6.18 Å². The number of amides is 1. The number of benzene rings is 1. The van der Waals surface area contributed by atoms with Crippen LogP contribution in [0.15, 0.2) is 36.2 Å². The van der Waals surface area contributed by atoms with Gasteiger partial charge in [-0.15, -0.1) is 0 Å². The molecule has 2 heterocycles. The summed E-state index contributed by atoms with van der Waals surface area (Å²) in [6, 6.07) is 5.58. The van der Waals surface area contributed by atoms with Crippen LogP contribution in [0.5, 0.6) is 11.6 Å². The van der Waals surface area contributed by atoms with E-state index in [0.29, 0.717) is 24.6 Å². The van der Waals surface area contributed by atoms with Crippen molar-refractivity contribution >= 4 is 23.1 Å². The van der Waals surface area contributed by atoms with E-state index in [1.807, 2.05) is 0 Å². The average molecular weight is 453 g/mol. The Balaban J connectivity index is 1.68. The van der Waals surface area contributed by atoms with Crippen molar-refractivity contribution in [1.82, 2.24) is 10.3 Å². The molecule has 0 radical (unpaired) electrons. The highest BCUT2D eigenvalue weighted by Crippen LogP contribution is 2.43. The number of carbonyl (C=O) groups excluding carboxylic acids is 1. The Morgan fingerprint density at radius 3 is 2.55 bits per heavy atom. The molecule has 1 aliphatic heterocycles. The molecule has 5 nitrogen and oxygen atoms in total. The fraction of sp³-hybridized carbons (Fsp3) is 0.364. The number of halogens is 4. The molecule has 1 spiro atoms. The second kappa shape index (κ2) is 7.75. The van der Waals surface area contributed by atoms with E-state index in [1.165, 1.54) is 0 Å². The monoisotopic (exact) mass is 452 g/mol. The molecule has 1 aromatic carbocycles. The lowest BCUT2D eigenvalue weighted by atomic mass is 9.80. The van der Waals surface area contributed by atoms with Crippen LogP contribution in [0.25, 0.3) is 5.57 Å². The first kappa shape index (κ1) is 21.5. The number of ether oxygens (including phenoxy) is 1. The van der Waals surface area contributed by atoms with E-state index in [-0.39, 0.29) is 33.9 Å². The maximum Gasteiger partial charge on any atom is 0.417 e. The highest BCUT2D eigenvalue weighted by Gasteiger charge is 2.46. The third kappa shape index (κ3) is 3.96. The van der Waals surface area contributed by atoms with Crippen molar-refractivity contribution in [3.05, 3.63) is 57.9 Å². The minimum absolute atomic E-state index is 0.0307. The van der Waals surface area contributed by atoms with Crippen LogP contribution < -0.4 is 10.1 Å². The van der Waals surface area contributed by atoms with E-state index in [1.54, 1.807) is 25.1 Å². The molecular weight excluding hydrogens is 433 g/mol. The zero-order valence-corrected chi connectivity index (χ0v) is 17.4. The van der Waals surface area contributed by atoms with Crippen molar-refractivity contribution in [3.8, 4) is 11.6 Å². The molecule has 164 valence electrons. The third-order valence-electron chi connectivity index (χ3n) is 5.80. The summed E-state index contributed by atoms with van der Waals surface area (Å²) in [4.78, 5) is 16.4. The number of nitrogens with zero attached hydrogens (tertiary/aromatic N) is 1. The smallest absolute Gasteiger partial charge is 0.417 e. The summed E-state index contributed by atoms with van der Waals surface area (Å²) in [5.41, 5.74) is -0.297. The van der Waals surface area contributed by atoms with Crippen LogP contribution >= 0.6 is 11.6 Å². The summed E-state index contributed by atoms with van der Waals surface area (Å²) < 4.78 is 44.0. The molecule has 2 aromatic rings. The largest absolute Gasteiger partial charge is 0.509 e. The molecule has 2 N–H and O–H groups in total. The molecule has 1 fully saturated rings. The van der Waals surface area contributed by atoms with Gasteiger partial charge in [0.1, 0.15) is 16.5 Å². The molecule has 0 unspecified atom stereocenters. The van der Waals surface area contributed by atoms with Crippen LogP contribution in [-0.4, -0.2) is 21.5 Å². The highest BCUT2D eigenvalue weighted by molar-refractivity contribution is 6.31. The van der Waals surface area contributed by atoms with Crippen LogP contribution in [0.1, 0.15) is 48.8 Å². The molecule has 0 saturated heterocycles. The first-order chi connectivity index (χ1) is 14.6. The van der Waals surface area contributed by atoms with Crippen LogP contribution in [0.3, 0.4) is 0 Å². The number of alkyl halides is 3. The number of hydrogen-bond donors (Lipinski definition) is 2. The predicted octanol–water partition coefficient (Wildman–Crippen LogP) is 5.96. The second-order valence-corrected chi connectivity index (χ2v) is 8.32. The SMILES string of the molecule is Cc1ccc(Oc2ncc(C(F)(F)F)cc2Cl)cc1C1=C(O)C2(CCCCC2)NC1=O. The minimum atomic E-state index is -4.57. The third-order valence-corrected chi connectivity index (χ3v) is 6.08. The highest BCUT2D eigenvalue weighted by atomic mass is 35.5. The summed E-state index contributed by atoms with van der Waals surface area (Å²) in [5, 5.41) is 13.6. The van der Waals surface area contributed by atoms with Crippen molar-refractivity contribution in [2.75, 3.05) is 0 Å². The molecule has 0 atom stereocenters. The molecule has 1 aromatic heterocycles. The number of rotatable bonds is 3. The predicted molar refractivity (Wildman–Crippen MR) is 109 cm³/mol. The number of aromatic nitrogens is 1. The van der Waals surface area contributed by atoms with Crippen LogP contribution in [0.4, 0.5) is 13.2 Å². The minimum Gasteiger partial charge on any atom is -0.509 e. The molecule has 4 rings (SSSR count). The van der Waals surface area contributed by atoms with Gasteiger partial charge in [0.25, 0.3) is 5.91 Å². The van der Waals surface area contributed by atoms with Gasteiger partial charge in [0, 0.05) is 6.20 Å². The van der Waals surface area contributed by atoms with Gasteiger partial charge in [-0.25, -0.2) is 4.98 Å². The van der Waals surface area contributed by atoms with Crippen molar-refractivity contribution in [2.45, 2.75) is 50.7 Å². The summed E-state index contributed by atoms with van der Waals surface area (Å²) in [6.45, 7) is 1.79. The normalized spacial score (nSPS) is 18.4. The second-order valence-electron chi connectivity index (χ2n) is 7.91. The first-order valence-electron chi connectivity index (χ1n) is 9.88. The van der Waals surface area contributed by atoms with Gasteiger partial charge in [0.2, 0.25) is 5.88 Å². The first-order valence-corrected chi connectivity index (χ1v) is 10.3. The van der Waals surface area contributed by atoms with E-state index < -0.39 is 17.3 Å². The van der Waals surface area contributed by atoms with Crippen molar-refractivity contribution in [3.63, 3.8) is 0 Å². The summed E-state index contributed by atoms with van der Waals surface area (Å²) in [5.74, 6) is -0.289. The van der Waals surface area contributed by atoms with E-state index in [9.17, 15) is 23.1 Å². The van der Waals surface area contributed by atoms with E-state index in [2.05, 4.69) is 10.3 Å². The van der Waals surface area contributed by atoms with Gasteiger partial charge < -0.3 is 15.2 Å². The van der Waals surface area contributed by atoms with Crippen molar-refractivity contribution < 1.29 is 27.8 Å². The summed E-state index contributed by atoms with van der Waals surface area (Å²) >= 11 is 5.93. The van der Waals surface area contributed by atoms with Gasteiger partial charge in [0.15, 0.2) is 0 Å². The molecule has 0 bridgehead atoms. The van der Waals surface area contributed by atoms with E-state index >= 15 is 0 Å². The number of aliphatic hydroxyl groups is 1. The molecule has 1 saturated carbocycles. The number of aryl methyl sites for hydroxylation is 1. The molecular formula is C22H20ClF3N2O3. The lowest BCUT2D eigenvalue weighted by Gasteiger charge is -2.33. The number of nitrogens with one attached hydrogen (secondary N) is 1. The quantitative estimate of drug-likeness (QED) is 0.603. The number of aliphatic hydroxyl groups excluding tert-OH is 1. The zero-order valence-electron chi connectivity index (χ0n) is 16.6. The number of pyridine rings is 1. The summed E-state index contributed by atoms with van der Waals surface area (Å²) in [6.07, 6.45) is 0.310. The van der Waals surface area contributed by atoms with Crippen molar-refractivity contribution in [2.24, 2.45) is 0 Å². The molecule has 1 aliphatic carbocycles. The van der Waals surface area contributed by atoms with Gasteiger partial charge in [-0.2, -0.15) is 13.2 Å². The Morgan fingerprint density at radius 1 is 1.19 bits per heavy atom. The van der Waals surface area contributed by atoms with Crippen LogP contribution in [-0.2, 0) is 11.0 Å². The van der Waals surface area contributed by atoms with Gasteiger partial charge in [-0.3, -0.25) is 4.79 Å². The van der Waals surface area contributed by atoms with E-state index in [0.717, 1.165) is 30.9 Å². The fourth-order valence-corrected chi connectivity index (χ4v) is 4.36. The van der Waals surface area contributed by atoms with Crippen LogP contribution in [0, 0.1) is 6.92 Å². The summed E-state index contributed by atoms with van der Waals surface area (Å²) in [7, 11) is 0. The average Bonchev–Trinajstić information content (AvgIpc) is 2.94. The van der Waals surface area contributed by atoms with Crippen LogP contribution in [0.2, 0.25) is 5.02 Å². The molecule has 2 aliphatic rings. The molecule has 9 heteroatoms. The number of carbonyl (C=O) groups is 1. The topological polar surface area (TPSA) is 71.5 Å². The van der Waals surface area contributed by atoms with Gasteiger partial charge in [-0.1, -0.05) is 36.9 Å². The van der Waals surface area contributed by atoms with Crippen molar-refractivity contribution in [1.29, 1.82) is 0 Å². The zero-order chi connectivity index (χ0) is 22.4. The Morgan fingerprint density at radius 2 is 1.90 bits per heavy atom. The maximum atomic E-state index is 12.8. The Labute approximate surface area is 181 Å². The standard InChI is InChI=1S/C22H20ClF3N2O3/c1-12-5-6-14(31-20-16(23)9-13(11-27-20)22(24,25)26)10-15(12)17-18(29)21(28-19(17)30)7-3-2-4-8-21/h5-6,9-11,29H,2-4,7-8H2,1H3,(H,28,30). The Kier molecular flexibility index (Phi) is 5.37.